The van der Waals surface area contributed by atoms with Crippen molar-refractivity contribution in [1.82, 2.24) is 44.6 Å². The van der Waals surface area contributed by atoms with Crippen LogP contribution in [0.4, 0.5) is 11.6 Å². The van der Waals surface area contributed by atoms with Crippen molar-refractivity contribution in [2.45, 2.75) is 48.1 Å². The quantitative estimate of drug-likeness (QED) is 0.0842. The first-order valence-electron chi connectivity index (χ1n) is 21.7. The van der Waals surface area contributed by atoms with Crippen molar-refractivity contribution in [2.24, 2.45) is 5.14 Å². The molecular formula is C50H44N12O4S4. The van der Waals surface area contributed by atoms with Crippen LogP contribution < -0.4 is 20.5 Å². The molecule has 0 saturated carbocycles. The Balaban J connectivity index is 0.000000175. The van der Waals surface area contributed by atoms with Gasteiger partial charge >= 0.3 is 0 Å². The van der Waals surface area contributed by atoms with Gasteiger partial charge in [0.05, 0.1) is 68.4 Å². The van der Waals surface area contributed by atoms with Gasteiger partial charge in [-0.05, 0) is 79.4 Å². The maximum atomic E-state index is 12.8. The molecule has 0 amide bonds. The molecule has 10 rings (SSSR count). The van der Waals surface area contributed by atoms with E-state index in [-0.39, 0.29) is 8.68 Å². The minimum Gasteiger partial charge on any atom is -0.364 e. The van der Waals surface area contributed by atoms with Crippen molar-refractivity contribution >= 4 is 76.2 Å². The fraction of sp³-hybridized carbons (Fsp3) is 0.120. The molecule has 0 fully saturated rings. The van der Waals surface area contributed by atoms with Crippen molar-refractivity contribution in [2.75, 3.05) is 10.6 Å². The van der Waals surface area contributed by atoms with Gasteiger partial charge in [-0.25, -0.2) is 56.6 Å². The van der Waals surface area contributed by atoms with E-state index < -0.39 is 25.6 Å². The molecule has 0 saturated heterocycles. The number of benzene rings is 4. The molecule has 0 radical (unpaired) electrons. The SMILES string of the molecule is CC(C)(C)NS(=O)(=O)c1ncc(-c2nc(NCc3ccccn3)c3c(-c4ccccc4)cccc3n2)s1.NS(=O)(=O)c1ncc(-c2nc(NCc3ccccn3)c3c(-c4ccccc4)cccc3n2)s1. The Kier molecular flexibility index (Phi) is 13.8. The van der Waals surface area contributed by atoms with Crippen LogP contribution in [-0.2, 0) is 33.1 Å². The number of fused-ring (bicyclic) bond motifs is 2. The van der Waals surface area contributed by atoms with E-state index in [0.29, 0.717) is 46.1 Å². The van der Waals surface area contributed by atoms with Gasteiger partial charge in [-0.15, -0.1) is 0 Å². The van der Waals surface area contributed by atoms with Crippen LogP contribution in [0.3, 0.4) is 0 Å². The van der Waals surface area contributed by atoms with Crippen LogP contribution >= 0.6 is 22.7 Å². The molecule has 0 bridgehead atoms. The van der Waals surface area contributed by atoms with Crippen LogP contribution in [0, 0.1) is 0 Å². The Morgan fingerprint density at radius 2 is 0.957 bits per heavy atom. The number of thiazole rings is 2. The standard InChI is InChI=1S/C27H26N6O2S2.C23H18N6O2S2/c1-27(2,3)33-37(34,35)26-30-17-22(36-26)24-31-21-14-9-13-20(18-10-5-4-6-11-18)23(21)25(32-24)29-16-19-12-7-8-15-28-19;24-33(30,31)23-27-14-19(32-23)21-28-18-11-6-10-17(15-7-2-1-3-8-15)20(18)22(29-21)26-13-16-9-4-5-12-25-16/h4-15,17,33H,16H2,1-3H3,(H,29,31,32);1-12,14H,13H2,(H2,24,30,31)(H,26,28,29). The first kappa shape index (κ1) is 47.6. The number of rotatable bonds is 13. The van der Waals surface area contributed by atoms with E-state index >= 15 is 0 Å². The molecule has 0 aliphatic rings. The molecule has 16 nitrogen and oxygen atoms in total. The van der Waals surface area contributed by atoms with Crippen LogP contribution in [-0.4, -0.2) is 62.2 Å². The monoisotopic (exact) mass is 1000 g/mol. The van der Waals surface area contributed by atoms with Crippen LogP contribution in [0.1, 0.15) is 32.2 Å². The van der Waals surface area contributed by atoms with E-state index in [9.17, 15) is 16.8 Å². The lowest BCUT2D eigenvalue weighted by Gasteiger charge is -2.18. The molecule has 0 atom stereocenters. The van der Waals surface area contributed by atoms with Crippen molar-refractivity contribution in [1.29, 1.82) is 0 Å². The second-order valence-electron chi connectivity index (χ2n) is 16.7. The molecule has 0 aliphatic heterocycles. The molecule has 352 valence electrons. The van der Waals surface area contributed by atoms with Crippen LogP contribution in [0.15, 0.2) is 167 Å². The molecule has 70 heavy (non-hydrogen) atoms. The number of primary sulfonamides is 1. The van der Waals surface area contributed by atoms with Gasteiger partial charge in [-0.1, -0.05) is 120 Å². The van der Waals surface area contributed by atoms with Gasteiger partial charge in [0.2, 0.25) is 8.68 Å². The lowest BCUT2D eigenvalue weighted by molar-refractivity contribution is 0.491. The summed E-state index contributed by atoms with van der Waals surface area (Å²) in [5, 5.41) is 13.8. The Labute approximate surface area is 412 Å². The van der Waals surface area contributed by atoms with Crippen LogP contribution in [0.5, 0.6) is 0 Å². The summed E-state index contributed by atoms with van der Waals surface area (Å²) in [6.07, 6.45) is 6.42. The normalized spacial score (nSPS) is 11.8. The van der Waals surface area contributed by atoms with Crippen molar-refractivity contribution in [3.63, 3.8) is 0 Å². The predicted molar refractivity (Wildman–Crippen MR) is 277 cm³/mol. The van der Waals surface area contributed by atoms with E-state index in [1.165, 1.54) is 12.4 Å². The Morgan fingerprint density at radius 3 is 1.37 bits per heavy atom. The number of hydrogen-bond acceptors (Lipinski definition) is 16. The minimum atomic E-state index is -3.90. The van der Waals surface area contributed by atoms with Crippen molar-refractivity contribution in [3.05, 3.63) is 170 Å². The van der Waals surface area contributed by atoms with E-state index in [2.05, 4.69) is 35.3 Å². The summed E-state index contributed by atoms with van der Waals surface area (Å²) in [5.41, 5.74) is 6.62. The largest absolute Gasteiger partial charge is 0.364 e. The van der Waals surface area contributed by atoms with Gasteiger partial charge < -0.3 is 10.6 Å². The second-order valence-corrected chi connectivity index (χ2v) is 22.3. The highest BCUT2D eigenvalue weighted by molar-refractivity contribution is 7.91. The summed E-state index contributed by atoms with van der Waals surface area (Å²) in [6, 6.07) is 43.3. The van der Waals surface area contributed by atoms with E-state index in [4.69, 9.17) is 25.1 Å². The number of sulfonamides is 2. The number of nitrogens with zero attached hydrogens (tertiary/aromatic N) is 8. The van der Waals surface area contributed by atoms with Gasteiger partial charge in [-0.2, -0.15) is 0 Å². The lowest BCUT2D eigenvalue weighted by atomic mass is 10.0. The average molecular weight is 1010 g/mol. The van der Waals surface area contributed by atoms with Crippen LogP contribution in [0.25, 0.3) is 65.5 Å². The molecule has 6 heterocycles. The first-order valence-corrected chi connectivity index (χ1v) is 26.3. The number of pyridine rings is 2. The molecule has 4 aromatic carbocycles. The molecule has 5 N–H and O–H groups in total. The first-order chi connectivity index (χ1) is 33.7. The van der Waals surface area contributed by atoms with E-state index in [1.807, 2.05) is 133 Å². The highest BCUT2D eigenvalue weighted by atomic mass is 32.3. The third-order valence-corrected chi connectivity index (χ3v) is 15.7. The highest BCUT2D eigenvalue weighted by Gasteiger charge is 2.26. The minimum absolute atomic E-state index is 0.0258. The average Bonchev–Trinajstić information content (AvgIpc) is 4.08. The zero-order valence-corrected chi connectivity index (χ0v) is 41.1. The molecule has 6 aromatic heterocycles. The Hall–Kier alpha value is -7.46. The van der Waals surface area contributed by atoms with Gasteiger partial charge in [0.25, 0.3) is 20.0 Å². The molecule has 0 unspecified atom stereocenters. The fourth-order valence-corrected chi connectivity index (χ4v) is 11.4. The number of hydrogen-bond donors (Lipinski definition) is 4. The molecule has 0 aliphatic carbocycles. The zero-order chi connectivity index (χ0) is 48.9. The number of anilines is 2. The fourth-order valence-electron chi connectivity index (χ4n) is 7.34. The van der Waals surface area contributed by atoms with Crippen molar-refractivity contribution < 1.29 is 16.8 Å². The predicted octanol–water partition coefficient (Wildman–Crippen LogP) is 9.58. The Bertz CT molecular complexity index is 3670. The smallest absolute Gasteiger partial charge is 0.268 e. The van der Waals surface area contributed by atoms with E-state index in [1.54, 1.807) is 33.2 Å². The van der Waals surface area contributed by atoms with Crippen LogP contribution in [0.2, 0.25) is 0 Å². The summed E-state index contributed by atoms with van der Waals surface area (Å²) in [5.74, 6) is 2.01. The number of aromatic nitrogens is 8. The second kappa shape index (κ2) is 20.2. The highest BCUT2D eigenvalue weighted by Crippen LogP contribution is 2.37. The van der Waals surface area contributed by atoms with Gasteiger partial charge in [-0.3, -0.25) is 9.97 Å². The van der Waals surface area contributed by atoms with Gasteiger partial charge in [0.15, 0.2) is 11.6 Å². The third-order valence-electron chi connectivity index (χ3n) is 10.3. The molecule has 0 spiro atoms. The molecular weight excluding hydrogens is 961 g/mol. The summed E-state index contributed by atoms with van der Waals surface area (Å²) < 4.78 is 51.4. The lowest BCUT2D eigenvalue weighted by Crippen LogP contribution is -2.40. The van der Waals surface area contributed by atoms with E-state index in [0.717, 1.165) is 78.1 Å². The summed E-state index contributed by atoms with van der Waals surface area (Å²) in [6.45, 7) is 6.29. The number of nitrogens with two attached hydrogens (primary N) is 1. The summed E-state index contributed by atoms with van der Waals surface area (Å²) in [7, 11) is -7.67. The maximum Gasteiger partial charge on any atom is 0.268 e. The third kappa shape index (κ3) is 11.2. The maximum absolute atomic E-state index is 12.8. The topological polar surface area (TPSA) is 234 Å². The van der Waals surface area contributed by atoms with Gasteiger partial charge in [0.1, 0.15) is 11.6 Å². The molecule has 20 heteroatoms. The number of nitrogens with one attached hydrogen (secondary N) is 3. The summed E-state index contributed by atoms with van der Waals surface area (Å²) in [4.78, 5) is 37.1. The van der Waals surface area contributed by atoms with Crippen molar-refractivity contribution in [3.8, 4) is 43.7 Å². The van der Waals surface area contributed by atoms with Gasteiger partial charge in [0, 0.05) is 17.9 Å². The Morgan fingerprint density at radius 1 is 0.514 bits per heavy atom. The summed E-state index contributed by atoms with van der Waals surface area (Å²) >= 11 is 1.98. The molecule has 10 aromatic rings. The zero-order valence-electron chi connectivity index (χ0n) is 37.8.